The number of fused-ring (bicyclic) bond motifs is 6. The minimum atomic E-state index is -0.353. The Morgan fingerprint density at radius 1 is 0.387 bits per heavy atom. The van der Waals surface area contributed by atoms with Crippen LogP contribution < -0.4 is 39.1 Å². The summed E-state index contributed by atoms with van der Waals surface area (Å²) in [5, 5.41) is 29.1. The molecule has 12 nitrogen and oxygen atoms in total. The molecule has 0 unspecified atom stereocenters. The summed E-state index contributed by atoms with van der Waals surface area (Å²) in [6, 6.07) is 11.9. The van der Waals surface area contributed by atoms with Gasteiger partial charge >= 0.3 is 0 Å². The molecule has 4 aromatic rings. The van der Waals surface area contributed by atoms with E-state index in [-0.39, 0.29) is 51.3 Å². The minimum absolute atomic E-state index is 0.129. The maximum Gasteiger partial charge on any atom is 0.258 e. The number of benzene rings is 4. The van der Waals surface area contributed by atoms with Crippen molar-refractivity contribution in [3.63, 3.8) is 0 Å². The topological polar surface area (TPSA) is 154 Å². The summed E-state index contributed by atoms with van der Waals surface area (Å²) >= 11 is 0. The van der Waals surface area contributed by atoms with Gasteiger partial charge in [0.15, 0.2) is 47.7 Å². The Morgan fingerprint density at radius 2 is 0.629 bits per heavy atom. The van der Waals surface area contributed by atoms with Crippen molar-refractivity contribution in [2.75, 3.05) is 65.9 Å². The number of hydrogen-bond donors (Lipinski definition) is 4. The fraction of sp³-hybridized carbons (Fsp3) is 0.600. The highest BCUT2D eigenvalue weighted by molar-refractivity contribution is 6.27. The Labute approximate surface area is 369 Å². The Hall–Kier alpha value is -4.68. The van der Waals surface area contributed by atoms with Crippen molar-refractivity contribution >= 4 is 44.1 Å². The van der Waals surface area contributed by atoms with Gasteiger partial charge in [-0.25, -0.2) is 0 Å². The van der Waals surface area contributed by atoms with Crippen LogP contribution in [0.1, 0.15) is 130 Å². The highest BCUT2D eigenvalue weighted by Crippen LogP contribution is 2.47. The molecule has 0 saturated carbocycles. The van der Waals surface area contributed by atoms with Gasteiger partial charge in [-0.15, -0.1) is 0 Å². The molecule has 0 aliphatic carbocycles. The van der Waals surface area contributed by atoms with E-state index in [4.69, 9.17) is 28.4 Å². The predicted octanol–water partition coefficient (Wildman–Crippen LogP) is 9.96. The van der Waals surface area contributed by atoms with E-state index in [1.54, 1.807) is 0 Å². The van der Waals surface area contributed by atoms with Gasteiger partial charge in [-0.2, -0.15) is 0 Å². The van der Waals surface area contributed by atoms with Gasteiger partial charge < -0.3 is 49.3 Å². The standard InChI is InChI=1S/C50H74N2O10/c1-5-9-13-17-25-57-43-29-37-38(30-44(43)58-26-18-14-10-6-2)42-34-48(62-36-50(56)52-22-24-54)46(60-28-20-16-12-8-4)32-40(42)39-31-45(59-27-19-15-11-7-3)47(33-41(37)39)61-35-49(55)51-21-23-53/h29-34,53-54H,5-28,35-36H2,1-4H3,(H,51,55)(H,52,56). The molecule has 0 spiro atoms. The molecule has 12 heteroatoms. The summed E-state index contributed by atoms with van der Waals surface area (Å²) in [7, 11) is 0. The number of hydrogen-bond acceptors (Lipinski definition) is 10. The number of aliphatic hydroxyl groups excluding tert-OH is 2. The van der Waals surface area contributed by atoms with Gasteiger partial charge in [0, 0.05) is 13.1 Å². The molecule has 0 aliphatic rings. The minimum Gasteiger partial charge on any atom is -0.490 e. The molecule has 4 N–H and O–H groups in total. The quantitative estimate of drug-likeness (QED) is 0.0264. The summed E-state index contributed by atoms with van der Waals surface area (Å²) in [5.41, 5.74) is 0. The second kappa shape index (κ2) is 28.8. The van der Waals surface area contributed by atoms with Crippen LogP contribution in [0, 0.1) is 0 Å². The number of unbranched alkanes of at least 4 members (excludes halogenated alkanes) is 12. The van der Waals surface area contributed by atoms with Crippen molar-refractivity contribution in [1.82, 2.24) is 10.6 Å². The zero-order valence-electron chi connectivity index (χ0n) is 38.0. The first kappa shape index (κ1) is 50.0. The lowest BCUT2D eigenvalue weighted by molar-refractivity contribution is -0.124. The molecule has 0 aliphatic heterocycles. The van der Waals surface area contributed by atoms with Crippen molar-refractivity contribution in [2.24, 2.45) is 0 Å². The van der Waals surface area contributed by atoms with E-state index in [0.29, 0.717) is 60.9 Å². The summed E-state index contributed by atoms with van der Waals surface area (Å²) in [6.45, 7) is 10.2. The molecule has 0 saturated heterocycles. The smallest absolute Gasteiger partial charge is 0.258 e. The van der Waals surface area contributed by atoms with E-state index in [1.807, 2.05) is 36.4 Å². The SMILES string of the molecule is CCCCCCOc1cc2c(cc1OCCCCCC)c1cc(OCC(=O)NCCO)c(OCCCCCC)cc1c1cc(OCCCCCC)c(OCC(=O)NCCO)cc21. The van der Waals surface area contributed by atoms with Crippen LogP contribution in [-0.4, -0.2) is 88.0 Å². The van der Waals surface area contributed by atoms with E-state index in [0.717, 1.165) is 135 Å². The summed E-state index contributed by atoms with van der Waals surface area (Å²) < 4.78 is 38.4. The Balaban J connectivity index is 1.99. The van der Waals surface area contributed by atoms with Crippen LogP contribution in [0.15, 0.2) is 36.4 Å². The molecule has 0 fully saturated rings. The molecule has 62 heavy (non-hydrogen) atoms. The predicted molar refractivity (Wildman–Crippen MR) is 249 cm³/mol. The number of carbonyl (C=O) groups is 2. The molecule has 0 heterocycles. The van der Waals surface area contributed by atoms with Gasteiger partial charge in [-0.1, -0.05) is 105 Å². The first-order valence-electron chi connectivity index (χ1n) is 23.5. The number of rotatable bonds is 34. The van der Waals surface area contributed by atoms with Gasteiger partial charge in [0.1, 0.15) is 0 Å². The lowest BCUT2D eigenvalue weighted by Gasteiger charge is -2.20. The number of amides is 2. The number of nitrogens with one attached hydrogen (secondary N) is 2. The summed E-state index contributed by atoms with van der Waals surface area (Å²) in [5.74, 6) is 2.45. The van der Waals surface area contributed by atoms with Crippen molar-refractivity contribution in [3.8, 4) is 34.5 Å². The molecular weight excluding hydrogens is 789 g/mol. The van der Waals surface area contributed by atoms with Crippen LogP contribution in [0.4, 0.5) is 0 Å². The third-order valence-electron chi connectivity index (χ3n) is 10.7. The lowest BCUT2D eigenvalue weighted by atomic mass is 9.93. The Kier molecular flexibility index (Phi) is 23.2. The van der Waals surface area contributed by atoms with Crippen LogP contribution in [-0.2, 0) is 9.59 Å². The fourth-order valence-corrected chi connectivity index (χ4v) is 7.32. The largest absolute Gasteiger partial charge is 0.490 e. The normalized spacial score (nSPS) is 11.3. The lowest BCUT2D eigenvalue weighted by Crippen LogP contribution is -2.31. The molecule has 2 amide bonds. The van der Waals surface area contributed by atoms with Gasteiger partial charge in [0.05, 0.1) is 39.6 Å². The summed E-state index contributed by atoms with van der Waals surface area (Å²) in [6.07, 6.45) is 16.7. The number of ether oxygens (including phenoxy) is 6. The Morgan fingerprint density at radius 3 is 0.855 bits per heavy atom. The monoisotopic (exact) mass is 863 g/mol. The average Bonchev–Trinajstić information content (AvgIpc) is 3.28. The fourth-order valence-electron chi connectivity index (χ4n) is 7.32. The molecule has 0 atom stereocenters. The second-order valence-corrected chi connectivity index (χ2v) is 15.9. The van der Waals surface area contributed by atoms with Crippen LogP contribution in [0.5, 0.6) is 34.5 Å². The second-order valence-electron chi connectivity index (χ2n) is 15.9. The maximum absolute atomic E-state index is 12.7. The zero-order chi connectivity index (χ0) is 44.4. The van der Waals surface area contributed by atoms with Gasteiger partial charge in [-0.3, -0.25) is 9.59 Å². The number of aliphatic hydroxyl groups is 2. The number of carbonyl (C=O) groups excluding carboxylic acids is 2. The van der Waals surface area contributed by atoms with E-state index < -0.39 is 0 Å². The third kappa shape index (κ3) is 15.9. The van der Waals surface area contributed by atoms with Crippen molar-refractivity contribution < 1.29 is 48.2 Å². The summed E-state index contributed by atoms with van der Waals surface area (Å²) in [4.78, 5) is 25.5. The van der Waals surface area contributed by atoms with Gasteiger partial charge in [-0.05, 0) is 94.4 Å². The molecular formula is C50H74N2O10. The Bertz CT molecular complexity index is 1790. The molecule has 4 rings (SSSR count). The van der Waals surface area contributed by atoms with Crippen LogP contribution >= 0.6 is 0 Å². The first-order chi connectivity index (χ1) is 30.4. The van der Waals surface area contributed by atoms with E-state index in [9.17, 15) is 19.8 Å². The van der Waals surface area contributed by atoms with Crippen molar-refractivity contribution in [2.45, 2.75) is 130 Å². The molecule has 0 radical (unpaired) electrons. The molecule has 344 valence electrons. The van der Waals surface area contributed by atoms with Crippen molar-refractivity contribution in [3.05, 3.63) is 36.4 Å². The van der Waals surface area contributed by atoms with Crippen LogP contribution in [0.3, 0.4) is 0 Å². The van der Waals surface area contributed by atoms with Gasteiger partial charge in [0.25, 0.3) is 11.8 Å². The highest BCUT2D eigenvalue weighted by Gasteiger charge is 2.21. The van der Waals surface area contributed by atoms with Crippen LogP contribution in [0.2, 0.25) is 0 Å². The highest BCUT2D eigenvalue weighted by atomic mass is 16.5. The molecule has 0 bridgehead atoms. The third-order valence-corrected chi connectivity index (χ3v) is 10.7. The maximum atomic E-state index is 12.7. The average molecular weight is 863 g/mol. The zero-order valence-corrected chi connectivity index (χ0v) is 38.0. The van der Waals surface area contributed by atoms with Gasteiger partial charge in [0.2, 0.25) is 0 Å². The molecule has 4 aromatic carbocycles. The van der Waals surface area contributed by atoms with Crippen molar-refractivity contribution in [1.29, 1.82) is 0 Å². The van der Waals surface area contributed by atoms with E-state index >= 15 is 0 Å². The molecule has 0 aromatic heterocycles. The van der Waals surface area contributed by atoms with E-state index in [1.165, 1.54) is 0 Å². The first-order valence-corrected chi connectivity index (χ1v) is 23.5. The van der Waals surface area contributed by atoms with Crippen LogP contribution in [0.25, 0.3) is 32.3 Å². The van der Waals surface area contributed by atoms with E-state index in [2.05, 4.69) is 38.3 Å².